The third-order valence-corrected chi connectivity index (χ3v) is 6.10. The summed E-state index contributed by atoms with van der Waals surface area (Å²) in [5.41, 5.74) is 2.07. The zero-order valence-electron chi connectivity index (χ0n) is 14.7. The highest BCUT2D eigenvalue weighted by atomic mass is 32.2. The monoisotopic (exact) mass is 394 g/mol. The van der Waals surface area contributed by atoms with Crippen molar-refractivity contribution in [1.82, 2.24) is 14.7 Å². The second-order valence-corrected chi connectivity index (χ2v) is 8.21. The molecule has 0 saturated heterocycles. The van der Waals surface area contributed by atoms with Gasteiger partial charge in [0.1, 0.15) is 0 Å². The Morgan fingerprint density at radius 2 is 2.19 bits per heavy atom. The van der Waals surface area contributed by atoms with Crippen LogP contribution in [0.1, 0.15) is 24.8 Å². The minimum atomic E-state index is 0.0200. The van der Waals surface area contributed by atoms with E-state index in [1.54, 1.807) is 24.3 Å². The van der Waals surface area contributed by atoms with Gasteiger partial charge in [-0.2, -0.15) is 0 Å². The van der Waals surface area contributed by atoms with Crippen LogP contribution in [0.4, 0.5) is 5.13 Å². The van der Waals surface area contributed by atoms with E-state index in [1.165, 1.54) is 16.9 Å². The highest BCUT2D eigenvalue weighted by Gasteiger charge is 2.44. The number of nitrogens with one attached hydrogen (secondary N) is 2. The van der Waals surface area contributed by atoms with Gasteiger partial charge in [-0.1, -0.05) is 29.4 Å². The van der Waals surface area contributed by atoms with Gasteiger partial charge in [0.05, 0.1) is 16.8 Å². The Kier molecular flexibility index (Phi) is 5.39. The number of hydrogen-bond acceptors (Lipinski definition) is 6. The summed E-state index contributed by atoms with van der Waals surface area (Å²) in [4.78, 5) is 22.2. The summed E-state index contributed by atoms with van der Waals surface area (Å²) in [5.74, 6) is 6.18. The van der Waals surface area contributed by atoms with E-state index in [-0.39, 0.29) is 11.8 Å². The standard InChI is InChI=1S/C20H18N4OS2/c1-2-3-9-22-27-14-6-4-13(5-7-14)15-11-16(15)19(25)24-20-23-17-8-10-21-12-18(17)26-20/h4-8,10,12,15-16,22H,9,11H2,1H3,(H,23,24,25). The number of benzene rings is 1. The number of fused-ring (bicyclic) bond motifs is 1. The molecule has 2 N–H and O–H groups in total. The molecular formula is C20H18N4OS2. The first-order valence-corrected chi connectivity index (χ1v) is 10.3. The molecule has 4 rings (SSSR count). The van der Waals surface area contributed by atoms with Gasteiger partial charge in [0.15, 0.2) is 5.13 Å². The van der Waals surface area contributed by atoms with Gasteiger partial charge in [-0.15, -0.1) is 5.92 Å². The van der Waals surface area contributed by atoms with E-state index in [0.29, 0.717) is 17.6 Å². The quantitative estimate of drug-likeness (QED) is 0.375. The highest BCUT2D eigenvalue weighted by Crippen LogP contribution is 2.48. The van der Waals surface area contributed by atoms with Crippen molar-refractivity contribution in [3.8, 4) is 11.8 Å². The maximum absolute atomic E-state index is 12.5. The van der Waals surface area contributed by atoms with Gasteiger partial charge in [0.2, 0.25) is 5.91 Å². The number of carbonyl (C=O) groups is 1. The fraction of sp³-hybridized carbons (Fsp3) is 0.250. The molecule has 1 amide bonds. The molecule has 7 heteroatoms. The summed E-state index contributed by atoms with van der Waals surface area (Å²) in [6.45, 7) is 2.49. The van der Waals surface area contributed by atoms with Gasteiger partial charge in [0, 0.05) is 23.2 Å². The van der Waals surface area contributed by atoms with Crippen LogP contribution in [0.3, 0.4) is 0 Å². The Morgan fingerprint density at radius 3 is 2.96 bits per heavy atom. The molecule has 3 aromatic rings. The third-order valence-electron chi connectivity index (χ3n) is 4.38. The maximum atomic E-state index is 12.5. The largest absolute Gasteiger partial charge is 0.302 e. The summed E-state index contributed by atoms with van der Waals surface area (Å²) in [5, 5.41) is 3.60. The number of rotatable bonds is 6. The van der Waals surface area contributed by atoms with Crippen LogP contribution in [0.25, 0.3) is 10.2 Å². The highest BCUT2D eigenvalue weighted by molar-refractivity contribution is 7.97. The molecule has 1 aliphatic carbocycles. The van der Waals surface area contributed by atoms with Crippen LogP contribution in [0.2, 0.25) is 0 Å². The molecule has 2 atom stereocenters. The molecule has 136 valence electrons. The number of hydrogen-bond donors (Lipinski definition) is 2. The molecule has 2 unspecified atom stereocenters. The van der Waals surface area contributed by atoms with Gasteiger partial charge >= 0.3 is 0 Å². The number of pyridine rings is 1. The van der Waals surface area contributed by atoms with Gasteiger partial charge < -0.3 is 5.32 Å². The van der Waals surface area contributed by atoms with E-state index in [2.05, 4.69) is 56.1 Å². The maximum Gasteiger partial charge on any atom is 0.229 e. The molecule has 1 fully saturated rings. The van der Waals surface area contributed by atoms with E-state index in [9.17, 15) is 4.79 Å². The van der Waals surface area contributed by atoms with Crippen molar-refractivity contribution >= 4 is 44.5 Å². The Morgan fingerprint density at radius 1 is 1.33 bits per heavy atom. The summed E-state index contributed by atoms with van der Waals surface area (Å²) >= 11 is 3.02. The first kappa shape index (κ1) is 18.0. The molecule has 0 spiro atoms. The zero-order valence-corrected chi connectivity index (χ0v) is 16.4. The molecule has 0 bridgehead atoms. The van der Waals surface area contributed by atoms with Gasteiger partial charge in [-0.25, -0.2) is 9.71 Å². The van der Waals surface area contributed by atoms with E-state index in [1.807, 2.05) is 13.0 Å². The van der Waals surface area contributed by atoms with Crippen LogP contribution in [-0.2, 0) is 4.79 Å². The lowest BCUT2D eigenvalue weighted by atomic mass is 10.1. The lowest BCUT2D eigenvalue weighted by Crippen LogP contribution is -2.14. The summed E-state index contributed by atoms with van der Waals surface area (Å²) in [6, 6.07) is 10.2. The minimum absolute atomic E-state index is 0.0200. The molecule has 27 heavy (non-hydrogen) atoms. The average Bonchev–Trinajstić information content (AvgIpc) is 3.39. The van der Waals surface area contributed by atoms with Gasteiger partial charge in [-0.05, 0) is 55.0 Å². The van der Waals surface area contributed by atoms with E-state index in [0.717, 1.165) is 21.5 Å². The first-order chi connectivity index (χ1) is 13.2. The normalized spacial score (nSPS) is 18.0. The van der Waals surface area contributed by atoms with Crippen LogP contribution < -0.4 is 10.0 Å². The first-order valence-electron chi connectivity index (χ1n) is 8.65. The Labute approximate surface area is 166 Å². The van der Waals surface area contributed by atoms with E-state index in [4.69, 9.17) is 0 Å². The molecule has 2 aromatic heterocycles. The number of anilines is 1. The predicted octanol–water partition coefficient (Wildman–Crippen LogP) is 4.05. The van der Waals surface area contributed by atoms with E-state index >= 15 is 0 Å². The molecule has 1 saturated carbocycles. The molecule has 1 aliphatic rings. The summed E-state index contributed by atoms with van der Waals surface area (Å²) < 4.78 is 4.18. The van der Waals surface area contributed by atoms with Crippen molar-refractivity contribution in [3.05, 3.63) is 48.3 Å². The molecule has 2 heterocycles. The number of aromatic nitrogens is 2. The van der Waals surface area contributed by atoms with Crippen LogP contribution in [-0.4, -0.2) is 22.4 Å². The van der Waals surface area contributed by atoms with Gasteiger partial charge in [-0.3, -0.25) is 9.78 Å². The topological polar surface area (TPSA) is 66.9 Å². The molecule has 5 nitrogen and oxygen atoms in total. The Balaban J connectivity index is 1.33. The number of carbonyl (C=O) groups excluding carboxylic acids is 1. The van der Waals surface area contributed by atoms with Crippen molar-refractivity contribution in [2.75, 3.05) is 11.9 Å². The second-order valence-electron chi connectivity index (χ2n) is 6.22. The smallest absolute Gasteiger partial charge is 0.229 e. The summed E-state index contributed by atoms with van der Waals surface area (Å²) in [6.07, 6.45) is 4.36. The number of thiazole rings is 1. The zero-order chi connectivity index (χ0) is 18.6. The SMILES string of the molecule is CC#CCNSc1ccc(C2CC2C(=O)Nc2nc3ccncc3s2)cc1. The van der Waals surface area contributed by atoms with Crippen molar-refractivity contribution in [1.29, 1.82) is 0 Å². The lowest BCUT2D eigenvalue weighted by molar-refractivity contribution is -0.117. The fourth-order valence-corrected chi connectivity index (χ4v) is 4.33. The van der Waals surface area contributed by atoms with E-state index < -0.39 is 0 Å². The number of nitrogens with zero attached hydrogens (tertiary/aromatic N) is 2. The van der Waals surface area contributed by atoms with Crippen molar-refractivity contribution in [3.63, 3.8) is 0 Å². The minimum Gasteiger partial charge on any atom is -0.302 e. The number of amides is 1. The lowest BCUT2D eigenvalue weighted by Gasteiger charge is -2.04. The van der Waals surface area contributed by atoms with Crippen LogP contribution in [0, 0.1) is 17.8 Å². The van der Waals surface area contributed by atoms with Crippen LogP contribution in [0.5, 0.6) is 0 Å². The molecule has 0 aliphatic heterocycles. The molecule has 1 aromatic carbocycles. The average molecular weight is 395 g/mol. The molecule has 0 radical (unpaired) electrons. The molecular weight excluding hydrogens is 376 g/mol. The fourth-order valence-electron chi connectivity index (χ4n) is 2.91. The Bertz CT molecular complexity index is 987. The van der Waals surface area contributed by atoms with Crippen LogP contribution in [0.15, 0.2) is 47.6 Å². The Hall–Kier alpha value is -2.40. The summed E-state index contributed by atoms with van der Waals surface area (Å²) in [7, 11) is 0. The van der Waals surface area contributed by atoms with Crippen molar-refractivity contribution in [2.45, 2.75) is 24.2 Å². The van der Waals surface area contributed by atoms with Crippen molar-refractivity contribution < 1.29 is 4.79 Å². The van der Waals surface area contributed by atoms with Crippen LogP contribution >= 0.6 is 23.3 Å². The second kappa shape index (κ2) is 8.09. The van der Waals surface area contributed by atoms with Gasteiger partial charge in [0.25, 0.3) is 0 Å². The third kappa shape index (κ3) is 4.30. The predicted molar refractivity (Wildman–Crippen MR) is 111 cm³/mol. The van der Waals surface area contributed by atoms with Crippen molar-refractivity contribution in [2.24, 2.45) is 5.92 Å².